The predicted octanol–water partition coefficient (Wildman–Crippen LogP) is 3.48. The molecule has 1 fully saturated rings. The summed E-state index contributed by atoms with van der Waals surface area (Å²) in [6, 6.07) is 0.806. The van der Waals surface area contributed by atoms with E-state index in [0.717, 1.165) is 31.9 Å². The van der Waals surface area contributed by atoms with Crippen molar-refractivity contribution < 1.29 is 4.74 Å². The SMILES string of the molecule is CCN(CC)CCCC(C)NC(=NC)NC1CC(C)(OC)C1(C)C.I. The van der Waals surface area contributed by atoms with Crippen molar-refractivity contribution in [1.29, 1.82) is 0 Å². The fraction of sp³-hybridized carbons (Fsp3) is 0.947. The Hall–Kier alpha value is -0.0800. The van der Waals surface area contributed by atoms with Crippen LogP contribution in [0, 0.1) is 5.41 Å². The van der Waals surface area contributed by atoms with E-state index in [1.54, 1.807) is 0 Å². The van der Waals surface area contributed by atoms with E-state index in [1.807, 2.05) is 14.2 Å². The van der Waals surface area contributed by atoms with E-state index in [9.17, 15) is 0 Å². The van der Waals surface area contributed by atoms with Gasteiger partial charge in [-0.05, 0) is 52.7 Å². The third kappa shape index (κ3) is 6.24. The number of hydrogen-bond acceptors (Lipinski definition) is 3. The summed E-state index contributed by atoms with van der Waals surface area (Å²) in [7, 11) is 3.65. The molecular formula is C19H41IN4O. The van der Waals surface area contributed by atoms with Gasteiger partial charge in [-0.1, -0.05) is 27.7 Å². The van der Waals surface area contributed by atoms with Crippen LogP contribution >= 0.6 is 24.0 Å². The highest BCUT2D eigenvalue weighted by Gasteiger charge is 2.58. The first kappa shape index (κ1) is 24.9. The summed E-state index contributed by atoms with van der Waals surface area (Å²) in [4.78, 5) is 6.88. The van der Waals surface area contributed by atoms with Crippen LogP contribution in [-0.2, 0) is 4.74 Å². The maximum atomic E-state index is 5.71. The highest BCUT2D eigenvalue weighted by Crippen LogP contribution is 2.51. The zero-order valence-corrected chi connectivity index (χ0v) is 19.9. The fourth-order valence-corrected chi connectivity index (χ4v) is 3.53. The first-order valence-corrected chi connectivity index (χ1v) is 9.51. The number of ether oxygens (including phenoxy) is 1. The minimum atomic E-state index is -0.0566. The van der Waals surface area contributed by atoms with Crippen LogP contribution in [0.25, 0.3) is 0 Å². The minimum absolute atomic E-state index is 0. The molecule has 1 rings (SSSR count). The van der Waals surface area contributed by atoms with Gasteiger partial charge in [-0.15, -0.1) is 24.0 Å². The molecule has 0 spiro atoms. The van der Waals surface area contributed by atoms with Crippen LogP contribution in [0.2, 0.25) is 0 Å². The second-order valence-corrected chi connectivity index (χ2v) is 7.84. The highest BCUT2D eigenvalue weighted by molar-refractivity contribution is 14.0. The van der Waals surface area contributed by atoms with Crippen LogP contribution in [0.5, 0.6) is 0 Å². The first-order chi connectivity index (χ1) is 11.2. The summed E-state index contributed by atoms with van der Waals surface area (Å²) in [6.45, 7) is 16.9. The molecule has 3 atom stereocenters. The molecule has 3 unspecified atom stereocenters. The van der Waals surface area contributed by atoms with Gasteiger partial charge in [0.05, 0.1) is 5.60 Å². The maximum absolute atomic E-state index is 5.71. The zero-order chi connectivity index (χ0) is 18.4. The van der Waals surface area contributed by atoms with Crippen LogP contribution in [0.1, 0.15) is 60.8 Å². The largest absolute Gasteiger partial charge is 0.378 e. The number of methoxy groups -OCH3 is 1. The lowest BCUT2D eigenvalue weighted by Crippen LogP contribution is -2.69. The molecule has 1 aliphatic rings. The third-order valence-electron chi connectivity index (χ3n) is 6.20. The van der Waals surface area contributed by atoms with Crippen molar-refractivity contribution in [3.05, 3.63) is 0 Å². The zero-order valence-electron chi connectivity index (χ0n) is 17.6. The number of hydrogen-bond donors (Lipinski definition) is 2. The van der Waals surface area contributed by atoms with Gasteiger partial charge in [0, 0.05) is 31.7 Å². The maximum Gasteiger partial charge on any atom is 0.191 e. The highest BCUT2D eigenvalue weighted by atomic mass is 127. The van der Waals surface area contributed by atoms with E-state index < -0.39 is 0 Å². The Morgan fingerprint density at radius 1 is 1.28 bits per heavy atom. The Morgan fingerprint density at radius 3 is 2.32 bits per heavy atom. The van der Waals surface area contributed by atoms with Crippen LogP contribution in [0.3, 0.4) is 0 Å². The quantitative estimate of drug-likeness (QED) is 0.309. The molecule has 0 heterocycles. The van der Waals surface area contributed by atoms with Gasteiger partial charge in [0.1, 0.15) is 0 Å². The molecule has 0 aromatic rings. The Balaban J connectivity index is 0.00000576. The summed E-state index contributed by atoms with van der Waals surface area (Å²) in [5, 5.41) is 7.12. The average molecular weight is 468 g/mol. The van der Waals surface area contributed by atoms with Gasteiger partial charge in [-0.2, -0.15) is 0 Å². The van der Waals surface area contributed by atoms with Crippen LogP contribution in [0.4, 0.5) is 0 Å². The number of nitrogens with zero attached hydrogens (tertiary/aromatic N) is 2. The monoisotopic (exact) mass is 468 g/mol. The molecule has 150 valence electrons. The summed E-state index contributed by atoms with van der Waals surface area (Å²) in [5.74, 6) is 0.904. The van der Waals surface area contributed by atoms with E-state index >= 15 is 0 Å². The molecule has 25 heavy (non-hydrogen) atoms. The molecule has 2 N–H and O–H groups in total. The standard InChI is InChI=1S/C19H40N4O.HI/c1-9-23(10-2)13-11-12-15(3)21-17(20-7)22-16-14-19(6,24-8)18(16,4)5;/h15-16H,9-14H2,1-8H3,(H2,20,21,22);1H. The molecule has 0 aromatic heterocycles. The second-order valence-electron chi connectivity index (χ2n) is 7.84. The van der Waals surface area contributed by atoms with Gasteiger partial charge in [0.15, 0.2) is 5.96 Å². The van der Waals surface area contributed by atoms with Crippen LogP contribution < -0.4 is 10.6 Å². The van der Waals surface area contributed by atoms with Crippen LogP contribution in [-0.4, -0.2) is 62.3 Å². The molecule has 0 amide bonds. The second kappa shape index (κ2) is 10.9. The van der Waals surface area contributed by atoms with Crippen molar-refractivity contribution in [3.8, 4) is 0 Å². The Kier molecular flexibility index (Phi) is 10.9. The van der Waals surface area contributed by atoms with Gasteiger partial charge in [-0.3, -0.25) is 4.99 Å². The van der Waals surface area contributed by atoms with Crippen LogP contribution in [0.15, 0.2) is 4.99 Å². The van der Waals surface area contributed by atoms with E-state index in [2.05, 4.69) is 62.1 Å². The van der Waals surface area contributed by atoms with Crippen molar-refractivity contribution >= 4 is 29.9 Å². The van der Waals surface area contributed by atoms with E-state index in [1.165, 1.54) is 13.0 Å². The van der Waals surface area contributed by atoms with Gasteiger partial charge < -0.3 is 20.3 Å². The number of aliphatic imine (C=N–C) groups is 1. The predicted molar refractivity (Wildman–Crippen MR) is 119 cm³/mol. The average Bonchev–Trinajstić information content (AvgIpc) is 2.57. The molecule has 0 saturated heterocycles. The smallest absolute Gasteiger partial charge is 0.191 e. The lowest BCUT2D eigenvalue weighted by molar-refractivity contribution is -0.176. The normalized spacial score (nSPS) is 26.6. The lowest BCUT2D eigenvalue weighted by atomic mass is 9.56. The summed E-state index contributed by atoms with van der Waals surface area (Å²) >= 11 is 0. The molecule has 0 bridgehead atoms. The fourth-order valence-electron chi connectivity index (χ4n) is 3.53. The van der Waals surface area contributed by atoms with Crippen molar-refractivity contribution in [2.45, 2.75) is 78.5 Å². The van der Waals surface area contributed by atoms with Crippen molar-refractivity contribution in [2.24, 2.45) is 10.4 Å². The van der Waals surface area contributed by atoms with Gasteiger partial charge in [-0.25, -0.2) is 0 Å². The summed E-state index contributed by atoms with van der Waals surface area (Å²) < 4.78 is 5.71. The molecule has 6 heteroatoms. The number of nitrogens with one attached hydrogen (secondary N) is 2. The molecule has 0 radical (unpaired) electrons. The van der Waals surface area contributed by atoms with E-state index in [4.69, 9.17) is 4.74 Å². The van der Waals surface area contributed by atoms with Gasteiger partial charge in [0.25, 0.3) is 0 Å². The molecular weight excluding hydrogens is 427 g/mol. The Labute approximate surface area is 172 Å². The van der Waals surface area contributed by atoms with Crippen molar-refractivity contribution in [3.63, 3.8) is 0 Å². The molecule has 1 aliphatic carbocycles. The van der Waals surface area contributed by atoms with Crippen molar-refractivity contribution in [2.75, 3.05) is 33.8 Å². The number of rotatable bonds is 9. The van der Waals surface area contributed by atoms with Gasteiger partial charge >= 0.3 is 0 Å². The summed E-state index contributed by atoms with van der Waals surface area (Å²) in [5.41, 5.74) is 0.0320. The Bertz CT molecular complexity index is 412. The van der Waals surface area contributed by atoms with Crippen molar-refractivity contribution in [1.82, 2.24) is 15.5 Å². The lowest BCUT2D eigenvalue weighted by Gasteiger charge is -2.59. The number of halogens is 1. The first-order valence-electron chi connectivity index (χ1n) is 9.51. The van der Waals surface area contributed by atoms with E-state index in [-0.39, 0.29) is 35.0 Å². The third-order valence-corrected chi connectivity index (χ3v) is 6.20. The summed E-state index contributed by atoms with van der Waals surface area (Å²) in [6.07, 6.45) is 3.37. The Morgan fingerprint density at radius 2 is 1.88 bits per heavy atom. The molecule has 5 nitrogen and oxygen atoms in total. The topological polar surface area (TPSA) is 48.9 Å². The molecule has 0 aliphatic heterocycles. The molecule has 0 aromatic carbocycles. The van der Waals surface area contributed by atoms with Gasteiger partial charge in [0.2, 0.25) is 0 Å². The molecule has 1 saturated carbocycles. The number of guanidine groups is 1. The minimum Gasteiger partial charge on any atom is -0.378 e. The van der Waals surface area contributed by atoms with E-state index in [0.29, 0.717) is 12.1 Å².